The van der Waals surface area contributed by atoms with E-state index in [1.165, 1.54) is 23.2 Å². The van der Waals surface area contributed by atoms with Crippen molar-refractivity contribution in [2.45, 2.75) is 13.5 Å². The first-order valence-electron chi connectivity index (χ1n) is 10.8. The number of ether oxygens (including phenoxy) is 2. The van der Waals surface area contributed by atoms with Crippen molar-refractivity contribution >= 4 is 57.1 Å². The Morgan fingerprint density at radius 2 is 1.81 bits per heavy atom. The number of anilines is 1. The Morgan fingerprint density at radius 3 is 2.44 bits per heavy atom. The van der Waals surface area contributed by atoms with E-state index in [9.17, 15) is 14.4 Å². The van der Waals surface area contributed by atoms with Gasteiger partial charge in [0.25, 0.3) is 11.8 Å². The van der Waals surface area contributed by atoms with Crippen molar-refractivity contribution in [3.05, 3.63) is 92.4 Å². The Kier molecular flexibility index (Phi) is 7.61. The van der Waals surface area contributed by atoms with Gasteiger partial charge in [-0.3, -0.25) is 15.0 Å². The molecule has 0 bridgehead atoms. The number of carbonyl (C=O) groups is 3. The molecule has 3 aromatic carbocycles. The summed E-state index contributed by atoms with van der Waals surface area (Å²) in [7, 11) is 0. The number of benzene rings is 3. The molecule has 0 atom stereocenters. The Labute approximate surface area is 220 Å². The van der Waals surface area contributed by atoms with E-state index in [-0.39, 0.29) is 28.5 Å². The van der Waals surface area contributed by atoms with Gasteiger partial charge >= 0.3 is 5.97 Å². The van der Waals surface area contributed by atoms with Crippen molar-refractivity contribution < 1.29 is 29.0 Å². The Bertz CT molecular complexity index is 1360. The third-order valence-electron chi connectivity index (χ3n) is 5.25. The van der Waals surface area contributed by atoms with Gasteiger partial charge in [0.15, 0.2) is 11.5 Å². The number of nitrogens with one attached hydrogen (secondary N) is 1. The van der Waals surface area contributed by atoms with Crippen molar-refractivity contribution in [3.63, 3.8) is 0 Å². The lowest BCUT2D eigenvalue weighted by molar-refractivity contribution is -0.117. The van der Waals surface area contributed by atoms with Gasteiger partial charge in [-0.15, -0.1) is 0 Å². The summed E-state index contributed by atoms with van der Waals surface area (Å²) in [6.45, 7) is 2.23. The highest BCUT2D eigenvalue weighted by Crippen LogP contribution is 2.44. The van der Waals surface area contributed by atoms with Crippen LogP contribution in [0.25, 0.3) is 6.08 Å². The molecular formula is C26H20BrClN2O6. The molecule has 1 fully saturated rings. The second-order valence-corrected chi connectivity index (χ2v) is 8.79. The number of hydrogen-bond acceptors (Lipinski definition) is 5. The molecule has 3 aromatic rings. The van der Waals surface area contributed by atoms with Crippen molar-refractivity contribution in [3.8, 4) is 11.5 Å². The number of aromatic carboxylic acids is 1. The van der Waals surface area contributed by atoms with Gasteiger partial charge in [-0.05, 0) is 70.4 Å². The van der Waals surface area contributed by atoms with Crippen LogP contribution in [-0.2, 0) is 16.2 Å². The van der Waals surface area contributed by atoms with Gasteiger partial charge in [-0.25, -0.2) is 9.80 Å². The SMILES string of the molecule is CCOc1cc(/C=C2/C(=O)NN(c3ccccc3)C2=O)c(Br)c(Cl)c1OCc1ccc(C(=O)O)cc1. The summed E-state index contributed by atoms with van der Waals surface area (Å²) in [6, 6.07) is 16.7. The Hall–Kier alpha value is -3.82. The largest absolute Gasteiger partial charge is 0.490 e. The number of para-hydroxylation sites is 1. The van der Waals surface area contributed by atoms with E-state index in [2.05, 4.69) is 21.4 Å². The van der Waals surface area contributed by atoms with Gasteiger partial charge < -0.3 is 14.6 Å². The minimum Gasteiger partial charge on any atom is -0.490 e. The molecule has 0 radical (unpaired) electrons. The third kappa shape index (κ3) is 5.22. The van der Waals surface area contributed by atoms with Gasteiger partial charge in [-0.2, -0.15) is 0 Å². The molecule has 2 N–H and O–H groups in total. The van der Waals surface area contributed by atoms with Crippen LogP contribution in [0.15, 0.2) is 70.7 Å². The fraction of sp³-hybridized carbons (Fsp3) is 0.115. The second kappa shape index (κ2) is 10.8. The molecule has 36 heavy (non-hydrogen) atoms. The minimum absolute atomic E-state index is 0.0646. The van der Waals surface area contributed by atoms with Crippen LogP contribution < -0.4 is 19.9 Å². The maximum absolute atomic E-state index is 13.0. The normalized spacial score (nSPS) is 14.2. The van der Waals surface area contributed by atoms with E-state index < -0.39 is 17.8 Å². The first-order chi connectivity index (χ1) is 17.3. The van der Waals surface area contributed by atoms with Crippen LogP contribution in [0.1, 0.15) is 28.4 Å². The summed E-state index contributed by atoms with van der Waals surface area (Å²) >= 11 is 10.0. The van der Waals surface area contributed by atoms with Gasteiger partial charge in [0.1, 0.15) is 17.2 Å². The molecule has 1 saturated heterocycles. The van der Waals surface area contributed by atoms with Crippen LogP contribution in [0.2, 0.25) is 5.02 Å². The molecule has 1 aliphatic heterocycles. The van der Waals surface area contributed by atoms with Gasteiger partial charge in [0, 0.05) is 4.47 Å². The zero-order valence-corrected chi connectivity index (χ0v) is 21.3. The van der Waals surface area contributed by atoms with Crippen LogP contribution in [-0.4, -0.2) is 29.5 Å². The maximum Gasteiger partial charge on any atom is 0.335 e. The first-order valence-corrected chi connectivity index (χ1v) is 12.0. The van der Waals surface area contributed by atoms with Crippen LogP contribution in [0.5, 0.6) is 11.5 Å². The van der Waals surface area contributed by atoms with E-state index in [0.29, 0.717) is 28.1 Å². The Balaban J connectivity index is 1.63. The summed E-state index contributed by atoms with van der Waals surface area (Å²) in [6.07, 6.45) is 1.44. The summed E-state index contributed by atoms with van der Waals surface area (Å²) in [5.74, 6) is -1.47. The highest BCUT2D eigenvalue weighted by atomic mass is 79.9. The molecule has 0 aliphatic carbocycles. The number of hydrazine groups is 1. The number of carbonyl (C=O) groups excluding carboxylic acids is 2. The number of amides is 2. The monoisotopic (exact) mass is 570 g/mol. The highest BCUT2D eigenvalue weighted by molar-refractivity contribution is 9.10. The third-order valence-corrected chi connectivity index (χ3v) is 6.69. The van der Waals surface area contributed by atoms with Crippen LogP contribution in [0, 0.1) is 0 Å². The summed E-state index contributed by atoms with van der Waals surface area (Å²) in [5, 5.41) is 10.4. The molecule has 184 valence electrons. The van der Waals surface area contributed by atoms with Crippen molar-refractivity contribution in [2.24, 2.45) is 0 Å². The average molecular weight is 572 g/mol. The van der Waals surface area contributed by atoms with Crippen LogP contribution in [0.3, 0.4) is 0 Å². The lowest BCUT2D eigenvalue weighted by atomic mass is 10.1. The highest BCUT2D eigenvalue weighted by Gasteiger charge is 2.34. The number of carboxylic acids is 1. The van der Waals surface area contributed by atoms with Crippen LogP contribution in [0.4, 0.5) is 5.69 Å². The molecule has 0 saturated carbocycles. The Morgan fingerprint density at radius 1 is 1.11 bits per heavy atom. The summed E-state index contributed by atoms with van der Waals surface area (Å²) in [4.78, 5) is 36.6. The average Bonchev–Trinajstić information content (AvgIpc) is 3.16. The van der Waals surface area contributed by atoms with Gasteiger partial charge in [0.2, 0.25) is 0 Å². The number of carboxylic acid groups (broad SMARTS) is 1. The molecular weight excluding hydrogens is 552 g/mol. The smallest absolute Gasteiger partial charge is 0.335 e. The molecule has 1 heterocycles. The number of rotatable bonds is 8. The molecule has 0 unspecified atom stereocenters. The fourth-order valence-electron chi connectivity index (χ4n) is 3.48. The van der Waals surface area contributed by atoms with E-state index in [0.717, 1.165) is 5.56 Å². The summed E-state index contributed by atoms with van der Waals surface area (Å²) in [5.41, 5.74) is 4.38. The van der Waals surface area contributed by atoms with Crippen molar-refractivity contribution in [1.29, 1.82) is 0 Å². The van der Waals surface area contributed by atoms with Crippen molar-refractivity contribution in [1.82, 2.24) is 5.43 Å². The standard InChI is InChI=1S/C26H20BrClN2O6/c1-2-35-20-13-17(12-19-24(31)29-30(25(19)32)18-6-4-3-5-7-18)21(27)22(28)23(20)36-14-15-8-10-16(11-9-15)26(33)34/h3-13H,2,14H2,1H3,(H,29,31)(H,33,34)/b19-12-. The molecule has 0 spiro atoms. The molecule has 4 rings (SSSR count). The molecule has 2 amide bonds. The van der Waals surface area contributed by atoms with E-state index in [4.69, 9.17) is 26.2 Å². The number of halogens is 2. The van der Waals surface area contributed by atoms with Gasteiger partial charge in [-0.1, -0.05) is 41.9 Å². The number of hydrogen-bond donors (Lipinski definition) is 2. The topological polar surface area (TPSA) is 105 Å². The van der Waals surface area contributed by atoms with E-state index >= 15 is 0 Å². The zero-order valence-electron chi connectivity index (χ0n) is 19.0. The van der Waals surface area contributed by atoms with E-state index in [1.54, 1.807) is 49.4 Å². The lowest BCUT2D eigenvalue weighted by Gasteiger charge is -2.16. The fourth-order valence-corrected chi connectivity index (χ4v) is 4.14. The maximum atomic E-state index is 13.0. The minimum atomic E-state index is -1.01. The van der Waals surface area contributed by atoms with E-state index in [1.807, 2.05) is 6.07 Å². The molecule has 10 heteroatoms. The lowest BCUT2D eigenvalue weighted by Crippen LogP contribution is -2.35. The predicted octanol–water partition coefficient (Wildman–Crippen LogP) is 5.24. The first kappa shape index (κ1) is 25.3. The summed E-state index contributed by atoms with van der Waals surface area (Å²) < 4.78 is 12.1. The second-order valence-electron chi connectivity index (χ2n) is 7.62. The number of nitrogens with zero attached hydrogens (tertiary/aromatic N) is 1. The molecule has 0 aromatic heterocycles. The van der Waals surface area contributed by atoms with Gasteiger partial charge in [0.05, 0.1) is 17.9 Å². The predicted molar refractivity (Wildman–Crippen MR) is 138 cm³/mol. The molecule has 8 nitrogen and oxygen atoms in total. The molecule has 1 aliphatic rings. The zero-order chi connectivity index (χ0) is 25.8. The van der Waals surface area contributed by atoms with Crippen molar-refractivity contribution in [2.75, 3.05) is 11.6 Å². The van der Waals surface area contributed by atoms with Crippen LogP contribution >= 0.6 is 27.5 Å². The quantitative estimate of drug-likeness (QED) is 0.283.